The van der Waals surface area contributed by atoms with Crippen LogP contribution in [0.25, 0.3) is 11.4 Å². The lowest BCUT2D eigenvalue weighted by Crippen LogP contribution is -2.45. The van der Waals surface area contributed by atoms with Crippen molar-refractivity contribution >= 4 is 18.0 Å². The summed E-state index contributed by atoms with van der Waals surface area (Å²) in [6, 6.07) is 8.05. The zero-order chi connectivity index (χ0) is 29.7. The fraction of sp³-hybridized carbons (Fsp3) is 0.677. The average Bonchev–Trinajstić information content (AvgIpc) is 3.65. The van der Waals surface area contributed by atoms with Crippen molar-refractivity contribution in [3.63, 3.8) is 0 Å². The summed E-state index contributed by atoms with van der Waals surface area (Å²) in [6.45, 7) is 12.5. The lowest BCUT2D eigenvalue weighted by atomic mass is 9.96. The minimum absolute atomic E-state index is 0.00353. The molecule has 1 aromatic carbocycles. The maximum Gasteiger partial charge on any atom is 0.410 e. The molecule has 2 aromatic rings. The van der Waals surface area contributed by atoms with Crippen molar-refractivity contribution in [2.75, 3.05) is 64.4 Å². The minimum Gasteiger partial charge on any atom is -0.497 e. The minimum atomic E-state index is -0.468. The number of aromatic nitrogens is 2. The summed E-state index contributed by atoms with van der Waals surface area (Å²) >= 11 is 0. The van der Waals surface area contributed by atoms with E-state index in [2.05, 4.69) is 25.3 Å². The van der Waals surface area contributed by atoms with Crippen LogP contribution in [0.3, 0.4) is 0 Å². The van der Waals surface area contributed by atoms with Crippen LogP contribution in [0.1, 0.15) is 52.9 Å². The van der Waals surface area contributed by atoms with E-state index in [1.54, 1.807) is 7.11 Å². The van der Waals surface area contributed by atoms with Crippen molar-refractivity contribution in [1.82, 2.24) is 25.3 Å². The first-order valence-electron chi connectivity index (χ1n) is 15.4. The molecule has 3 aliphatic rings. The smallest absolute Gasteiger partial charge is 0.410 e. The van der Waals surface area contributed by atoms with E-state index in [9.17, 15) is 9.59 Å². The molecule has 5 rings (SSSR count). The number of nitrogens with one attached hydrogen (secondary N) is 1. The predicted octanol–water partition coefficient (Wildman–Crippen LogP) is 4.05. The van der Waals surface area contributed by atoms with Gasteiger partial charge in [0.1, 0.15) is 11.4 Å². The van der Waals surface area contributed by atoms with Crippen LogP contribution in [0.4, 0.5) is 10.8 Å². The number of ether oxygens (including phenoxy) is 2. The second kappa shape index (κ2) is 13.3. The molecule has 0 bridgehead atoms. The van der Waals surface area contributed by atoms with Crippen LogP contribution in [0, 0.1) is 17.8 Å². The van der Waals surface area contributed by atoms with Crippen LogP contribution in [0.2, 0.25) is 0 Å². The van der Waals surface area contributed by atoms with Crippen LogP contribution in [-0.4, -0.2) is 97.0 Å². The van der Waals surface area contributed by atoms with Gasteiger partial charge in [0.2, 0.25) is 11.7 Å². The van der Waals surface area contributed by atoms with E-state index in [-0.39, 0.29) is 17.9 Å². The predicted molar refractivity (Wildman–Crippen MR) is 159 cm³/mol. The lowest BCUT2D eigenvalue weighted by molar-refractivity contribution is -0.125. The topological polar surface area (TPSA) is 113 Å². The summed E-state index contributed by atoms with van der Waals surface area (Å²) in [4.78, 5) is 36.5. The van der Waals surface area contributed by atoms with E-state index in [1.165, 1.54) is 0 Å². The molecule has 3 fully saturated rings. The quantitative estimate of drug-likeness (QED) is 0.493. The van der Waals surface area contributed by atoms with Gasteiger partial charge in [-0.3, -0.25) is 4.79 Å². The summed E-state index contributed by atoms with van der Waals surface area (Å²) in [6.07, 6.45) is 4.58. The Bertz CT molecular complexity index is 1190. The Morgan fingerprint density at radius 1 is 1.00 bits per heavy atom. The third-order valence-electron chi connectivity index (χ3n) is 8.52. The van der Waals surface area contributed by atoms with Gasteiger partial charge < -0.3 is 34.0 Å². The number of nitrogens with zero attached hydrogens (tertiary/aromatic N) is 5. The fourth-order valence-electron chi connectivity index (χ4n) is 6.24. The molecule has 11 nitrogen and oxygen atoms in total. The number of methoxy groups -OCH3 is 1. The van der Waals surface area contributed by atoms with Gasteiger partial charge >= 0.3 is 12.1 Å². The highest BCUT2D eigenvalue weighted by Crippen LogP contribution is 2.27. The van der Waals surface area contributed by atoms with Crippen molar-refractivity contribution in [3.8, 4) is 17.1 Å². The molecule has 0 radical (unpaired) electrons. The maximum absolute atomic E-state index is 13.0. The van der Waals surface area contributed by atoms with E-state index >= 15 is 0 Å². The highest BCUT2D eigenvalue weighted by molar-refractivity contribution is 5.79. The third-order valence-corrected chi connectivity index (χ3v) is 8.52. The standard InChI is InChI=1S/C31H46N6O5/c1-31(2,3)41-30(39)37-14-5-6-23(21-37)20-35-15-11-22(19-35)18-32-28(38)25-12-16-36(17-13-25)29-33-27(34-42-29)24-7-9-26(40-4)10-8-24/h7-10,22-23,25H,5-6,11-21H2,1-4H3,(H,32,38)/t22?,23-/m0/s1. The lowest BCUT2D eigenvalue weighted by Gasteiger charge is -2.35. The van der Waals surface area contributed by atoms with Crippen molar-refractivity contribution in [2.45, 2.75) is 58.5 Å². The number of rotatable bonds is 8. The Morgan fingerprint density at radius 3 is 2.48 bits per heavy atom. The number of hydrogen-bond acceptors (Lipinski definition) is 9. The van der Waals surface area contributed by atoms with Crippen LogP contribution in [0.15, 0.2) is 28.8 Å². The van der Waals surface area contributed by atoms with Crippen LogP contribution in [0.5, 0.6) is 5.75 Å². The number of carbonyl (C=O) groups excluding carboxylic acids is 2. The first-order chi connectivity index (χ1) is 20.2. The molecule has 1 aromatic heterocycles. The summed E-state index contributed by atoms with van der Waals surface area (Å²) in [5.74, 6) is 2.41. The summed E-state index contributed by atoms with van der Waals surface area (Å²) in [5.41, 5.74) is 0.400. The number of anilines is 1. The number of amides is 2. The van der Waals surface area contributed by atoms with Crippen LogP contribution in [-0.2, 0) is 9.53 Å². The van der Waals surface area contributed by atoms with Crippen molar-refractivity contribution < 1.29 is 23.6 Å². The Balaban J connectivity index is 1.01. The van der Waals surface area contributed by atoms with Gasteiger partial charge in [0.25, 0.3) is 0 Å². The summed E-state index contributed by atoms with van der Waals surface area (Å²) in [7, 11) is 1.64. The van der Waals surface area contributed by atoms with E-state index in [0.717, 1.165) is 82.7 Å². The summed E-state index contributed by atoms with van der Waals surface area (Å²) < 4.78 is 16.3. The third kappa shape index (κ3) is 7.93. The normalized spacial score (nSPS) is 22.3. The van der Waals surface area contributed by atoms with Crippen LogP contribution >= 0.6 is 0 Å². The van der Waals surface area contributed by atoms with Gasteiger partial charge in [-0.25, -0.2) is 4.79 Å². The molecular weight excluding hydrogens is 536 g/mol. The molecule has 0 spiro atoms. The maximum atomic E-state index is 13.0. The number of piperidine rings is 2. The average molecular weight is 583 g/mol. The molecule has 2 atom stereocenters. The molecule has 2 amide bonds. The monoisotopic (exact) mass is 582 g/mol. The van der Waals surface area contributed by atoms with E-state index < -0.39 is 5.60 Å². The molecule has 4 heterocycles. The SMILES string of the molecule is COc1ccc(-c2noc(N3CCC(C(=O)NCC4CCN(C[C@@H]5CCCN(C(=O)OC(C)(C)C)C5)C4)CC3)n2)cc1. The van der Waals surface area contributed by atoms with Gasteiger partial charge in [0.05, 0.1) is 7.11 Å². The molecule has 11 heteroatoms. The first kappa shape index (κ1) is 30.1. The zero-order valence-electron chi connectivity index (χ0n) is 25.5. The second-order valence-corrected chi connectivity index (χ2v) is 13.0. The first-order valence-corrected chi connectivity index (χ1v) is 15.4. The Morgan fingerprint density at radius 2 is 1.76 bits per heavy atom. The molecule has 0 saturated carbocycles. The molecule has 42 heavy (non-hydrogen) atoms. The second-order valence-electron chi connectivity index (χ2n) is 13.0. The van der Waals surface area contributed by atoms with Gasteiger partial charge in [-0.15, -0.1) is 0 Å². The number of likely N-dealkylation sites (tertiary alicyclic amines) is 2. The molecule has 0 aliphatic carbocycles. The zero-order valence-corrected chi connectivity index (χ0v) is 25.5. The van der Waals surface area contributed by atoms with Crippen molar-refractivity contribution in [2.24, 2.45) is 17.8 Å². The van der Waals surface area contributed by atoms with Gasteiger partial charge in [0, 0.05) is 57.3 Å². The van der Waals surface area contributed by atoms with Gasteiger partial charge in [0.15, 0.2) is 0 Å². The molecular formula is C31H46N6O5. The van der Waals surface area contributed by atoms with Crippen molar-refractivity contribution in [3.05, 3.63) is 24.3 Å². The number of carbonyl (C=O) groups is 2. The molecule has 3 saturated heterocycles. The summed E-state index contributed by atoms with van der Waals surface area (Å²) in [5, 5.41) is 7.37. The molecule has 230 valence electrons. The highest BCUT2D eigenvalue weighted by Gasteiger charge is 2.32. The van der Waals surface area contributed by atoms with Gasteiger partial charge in [-0.05, 0) is 95.5 Å². The van der Waals surface area contributed by atoms with E-state index in [0.29, 0.717) is 36.8 Å². The molecule has 1 N–H and O–H groups in total. The van der Waals surface area contributed by atoms with Gasteiger partial charge in [-0.2, -0.15) is 4.98 Å². The van der Waals surface area contributed by atoms with Crippen molar-refractivity contribution in [1.29, 1.82) is 0 Å². The van der Waals surface area contributed by atoms with E-state index in [1.807, 2.05) is 49.9 Å². The highest BCUT2D eigenvalue weighted by atomic mass is 16.6. The fourth-order valence-corrected chi connectivity index (χ4v) is 6.24. The Labute approximate surface area is 248 Å². The molecule has 1 unspecified atom stereocenters. The Kier molecular flexibility index (Phi) is 9.55. The number of benzene rings is 1. The van der Waals surface area contributed by atoms with Crippen LogP contribution < -0.4 is 15.0 Å². The Hall–Kier alpha value is -3.34. The molecule has 3 aliphatic heterocycles. The van der Waals surface area contributed by atoms with E-state index in [4.69, 9.17) is 14.0 Å². The number of hydrogen-bond donors (Lipinski definition) is 1. The van der Waals surface area contributed by atoms with Gasteiger partial charge in [-0.1, -0.05) is 5.16 Å². The largest absolute Gasteiger partial charge is 0.497 e.